The maximum Gasteiger partial charge on any atom is 0.491 e. The standard InChI is InChI=1S/C17H24BNO4S/c1-12(20)24-11-14(9-13-10-19-8-7-15(13)21-6)18-22-16(2,3)17(4,5)23-18/h7-10H,11H2,1-6H3. The SMILES string of the molecule is COc1ccncc1C=C(CSC(C)=O)B1OC(C)(C)C(C)(C)O1. The molecule has 7 heteroatoms. The van der Waals surface area contributed by atoms with E-state index in [1.165, 1.54) is 11.8 Å². The normalized spacial score (nSPS) is 19.4. The van der Waals surface area contributed by atoms with Gasteiger partial charge in [0.1, 0.15) is 5.75 Å². The van der Waals surface area contributed by atoms with Gasteiger partial charge in [-0.3, -0.25) is 9.78 Å². The molecule has 5 nitrogen and oxygen atoms in total. The molecule has 130 valence electrons. The molecule has 1 aliphatic heterocycles. The van der Waals surface area contributed by atoms with Crippen molar-refractivity contribution in [2.24, 2.45) is 0 Å². The first-order chi connectivity index (χ1) is 11.2. The van der Waals surface area contributed by atoms with Crippen molar-refractivity contribution in [3.63, 3.8) is 0 Å². The van der Waals surface area contributed by atoms with E-state index in [1.54, 1.807) is 32.5 Å². The summed E-state index contributed by atoms with van der Waals surface area (Å²) < 4.78 is 17.6. The Balaban J connectivity index is 2.35. The van der Waals surface area contributed by atoms with Crippen molar-refractivity contribution >= 4 is 30.1 Å². The number of thioether (sulfide) groups is 1. The van der Waals surface area contributed by atoms with E-state index in [4.69, 9.17) is 14.0 Å². The second kappa shape index (κ2) is 7.29. The van der Waals surface area contributed by atoms with Crippen LogP contribution in [0.3, 0.4) is 0 Å². The van der Waals surface area contributed by atoms with Crippen LogP contribution in [0, 0.1) is 0 Å². The zero-order valence-electron chi connectivity index (χ0n) is 15.1. The Morgan fingerprint density at radius 2 is 1.96 bits per heavy atom. The molecule has 0 aromatic carbocycles. The molecule has 0 N–H and O–H groups in total. The van der Waals surface area contributed by atoms with Gasteiger partial charge < -0.3 is 14.0 Å². The van der Waals surface area contributed by atoms with Gasteiger partial charge in [0.2, 0.25) is 0 Å². The van der Waals surface area contributed by atoms with Crippen LogP contribution in [0.2, 0.25) is 0 Å². The van der Waals surface area contributed by atoms with Crippen LogP contribution < -0.4 is 4.74 Å². The summed E-state index contributed by atoms with van der Waals surface area (Å²) in [6, 6.07) is 1.80. The fraction of sp³-hybridized carbons (Fsp3) is 0.529. The second-order valence-electron chi connectivity index (χ2n) is 6.71. The van der Waals surface area contributed by atoms with Crippen molar-refractivity contribution in [1.82, 2.24) is 4.98 Å². The minimum atomic E-state index is -0.508. The van der Waals surface area contributed by atoms with Crippen LogP contribution in [0.4, 0.5) is 0 Å². The number of carbonyl (C=O) groups is 1. The van der Waals surface area contributed by atoms with E-state index in [-0.39, 0.29) is 5.12 Å². The van der Waals surface area contributed by atoms with Crippen LogP contribution in [0.15, 0.2) is 23.9 Å². The van der Waals surface area contributed by atoms with Crippen LogP contribution in [-0.4, -0.2) is 41.3 Å². The monoisotopic (exact) mass is 349 g/mol. The van der Waals surface area contributed by atoms with Crippen molar-refractivity contribution < 1.29 is 18.8 Å². The highest BCUT2D eigenvalue weighted by atomic mass is 32.2. The largest absolute Gasteiger partial charge is 0.496 e. The first-order valence-corrected chi connectivity index (χ1v) is 8.82. The van der Waals surface area contributed by atoms with Crippen LogP contribution in [-0.2, 0) is 14.1 Å². The molecule has 0 spiro atoms. The summed E-state index contributed by atoms with van der Waals surface area (Å²) in [5.74, 6) is 1.20. The van der Waals surface area contributed by atoms with Gasteiger partial charge in [-0.25, -0.2) is 0 Å². The lowest BCUT2D eigenvalue weighted by atomic mass is 9.78. The zero-order chi connectivity index (χ0) is 18.0. The molecule has 1 aromatic rings. The number of methoxy groups -OCH3 is 1. The number of ether oxygens (including phenoxy) is 1. The lowest BCUT2D eigenvalue weighted by Crippen LogP contribution is -2.41. The quantitative estimate of drug-likeness (QED) is 0.760. The summed E-state index contributed by atoms with van der Waals surface area (Å²) in [6.07, 6.45) is 5.33. The third-order valence-electron chi connectivity index (χ3n) is 4.37. The molecule has 2 rings (SSSR count). The predicted molar refractivity (Wildman–Crippen MR) is 98.0 cm³/mol. The van der Waals surface area contributed by atoms with Gasteiger partial charge in [0.15, 0.2) is 5.12 Å². The van der Waals surface area contributed by atoms with Crippen molar-refractivity contribution in [3.8, 4) is 5.75 Å². The highest BCUT2D eigenvalue weighted by molar-refractivity contribution is 8.13. The van der Waals surface area contributed by atoms with E-state index >= 15 is 0 Å². The number of aromatic nitrogens is 1. The van der Waals surface area contributed by atoms with Gasteiger partial charge in [0, 0.05) is 30.6 Å². The third kappa shape index (κ3) is 4.20. The van der Waals surface area contributed by atoms with Crippen molar-refractivity contribution in [1.29, 1.82) is 0 Å². The van der Waals surface area contributed by atoms with E-state index < -0.39 is 18.3 Å². The maximum atomic E-state index is 11.4. The van der Waals surface area contributed by atoms with Gasteiger partial charge in [-0.2, -0.15) is 0 Å². The van der Waals surface area contributed by atoms with E-state index in [0.717, 1.165) is 11.0 Å². The molecule has 2 heterocycles. The van der Waals surface area contributed by atoms with E-state index in [0.29, 0.717) is 11.5 Å². The molecule has 1 aliphatic rings. The smallest absolute Gasteiger partial charge is 0.491 e. The fourth-order valence-corrected chi connectivity index (χ4v) is 2.83. The summed E-state index contributed by atoms with van der Waals surface area (Å²) in [5.41, 5.74) is 0.835. The number of nitrogens with zero attached hydrogens (tertiary/aromatic N) is 1. The molecule has 24 heavy (non-hydrogen) atoms. The van der Waals surface area contributed by atoms with Crippen LogP contribution in [0.1, 0.15) is 40.2 Å². The molecule has 0 saturated carbocycles. The summed E-state index contributed by atoms with van der Waals surface area (Å²) in [5, 5.41) is 0.0515. The van der Waals surface area contributed by atoms with Gasteiger partial charge in [-0.05, 0) is 39.2 Å². The van der Waals surface area contributed by atoms with Gasteiger partial charge in [-0.1, -0.05) is 17.8 Å². The maximum absolute atomic E-state index is 11.4. The first-order valence-electron chi connectivity index (χ1n) is 7.84. The average molecular weight is 349 g/mol. The van der Waals surface area contributed by atoms with Gasteiger partial charge in [-0.15, -0.1) is 0 Å². The Bertz CT molecular complexity index is 629. The Morgan fingerprint density at radius 1 is 1.33 bits per heavy atom. The van der Waals surface area contributed by atoms with Crippen molar-refractivity contribution in [2.45, 2.75) is 45.8 Å². The molecular formula is C17H24BNO4S. The Hall–Kier alpha value is -1.31. The highest BCUT2D eigenvalue weighted by Crippen LogP contribution is 2.39. The number of hydrogen-bond acceptors (Lipinski definition) is 6. The molecule has 0 amide bonds. The third-order valence-corrected chi connectivity index (χ3v) is 5.25. The fourth-order valence-electron chi connectivity index (χ4n) is 2.25. The highest BCUT2D eigenvalue weighted by Gasteiger charge is 2.52. The topological polar surface area (TPSA) is 57.7 Å². The molecule has 0 unspecified atom stereocenters. The summed E-state index contributed by atoms with van der Waals surface area (Å²) in [6.45, 7) is 9.58. The molecule has 1 saturated heterocycles. The molecule has 1 fully saturated rings. The van der Waals surface area contributed by atoms with Crippen molar-refractivity contribution in [2.75, 3.05) is 12.9 Å². The predicted octanol–water partition coefficient (Wildman–Crippen LogP) is 3.38. The van der Waals surface area contributed by atoms with Crippen LogP contribution >= 0.6 is 11.8 Å². The minimum Gasteiger partial charge on any atom is -0.496 e. The number of carbonyl (C=O) groups excluding carboxylic acids is 1. The number of pyridine rings is 1. The molecule has 0 aliphatic carbocycles. The zero-order valence-corrected chi connectivity index (χ0v) is 15.9. The lowest BCUT2D eigenvalue weighted by molar-refractivity contribution is -0.109. The molecule has 0 bridgehead atoms. The Morgan fingerprint density at radius 3 is 2.50 bits per heavy atom. The molecule has 1 aromatic heterocycles. The minimum absolute atomic E-state index is 0.0515. The van der Waals surface area contributed by atoms with Gasteiger partial charge >= 0.3 is 7.12 Å². The van der Waals surface area contributed by atoms with Crippen LogP contribution in [0.25, 0.3) is 6.08 Å². The second-order valence-corrected chi connectivity index (χ2v) is 7.86. The number of rotatable bonds is 5. The molecule has 0 atom stereocenters. The average Bonchev–Trinajstić information content (AvgIpc) is 2.71. The van der Waals surface area contributed by atoms with Gasteiger partial charge in [0.25, 0.3) is 0 Å². The van der Waals surface area contributed by atoms with E-state index in [1.807, 2.05) is 33.8 Å². The Labute approximate surface area is 148 Å². The van der Waals surface area contributed by atoms with Crippen molar-refractivity contribution in [3.05, 3.63) is 29.5 Å². The first kappa shape index (κ1) is 19.0. The van der Waals surface area contributed by atoms with Gasteiger partial charge in [0.05, 0.1) is 18.3 Å². The van der Waals surface area contributed by atoms with E-state index in [9.17, 15) is 4.79 Å². The lowest BCUT2D eigenvalue weighted by Gasteiger charge is -2.32. The van der Waals surface area contributed by atoms with Crippen LogP contribution in [0.5, 0.6) is 5.75 Å². The summed E-state index contributed by atoms with van der Waals surface area (Å²) in [7, 11) is 1.11. The summed E-state index contributed by atoms with van der Waals surface area (Å²) >= 11 is 1.23. The number of hydrogen-bond donors (Lipinski definition) is 0. The molecular weight excluding hydrogens is 325 g/mol. The summed E-state index contributed by atoms with van der Waals surface area (Å²) in [4.78, 5) is 15.6. The van der Waals surface area contributed by atoms with E-state index in [2.05, 4.69) is 4.98 Å². The molecule has 0 radical (unpaired) electrons. The Kier molecular flexibility index (Phi) is 5.78.